The van der Waals surface area contributed by atoms with Crippen molar-refractivity contribution in [3.05, 3.63) is 83.4 Å². The van der Waals surface area contributed by atoms with Gasteiger partial charge in [-0.15, -0.1) is 0 Å². The normalized spacial score (nSPS) is 17.7. The van der Waals surface area contributed by atoms with E-state index >= 15 is 0 Å². The molecular formula is C32H37F3N4O5. The van der Waals surface area contributed by atoms with E-state index < -0.39 is 29.9 Å². The molecule has 1 aliphatic rings. The van der Waals surface area contributed by atoms with Crippen LogP contribution in [0.1, 0.15) is 35.3 Å². The number of carbonyl (C=O) groups excluding carboxylic acids is 2. The zero-order valence-electron chi connectivity index (χ0n) is 25.0. The molecule has 44 heavy (non-hydrogen) atoms. The summed E-state index contributed by atoms with van der Waals surface area (Å²) in [6.07, 6.45) is -4.91. The number of hydrogen-bond donors (Lipinski definition) is 3. The van der Waals surface area contributed by atoms with Gasteiger partial charge in [-0.3, -0.25) is 9.69 Å². The zero-order valence-corrected chi connectivity index (χ0v) is 25.0. The number of anilines is 2. The minimum Gasteiger partial charge on any atom is -0.497 e. The van der Waals surface area contributed by atoms with Crippen LogP contribution in [0.2, 0.25) is 0 Å². The molecule has 0 bridgehead atoms. The van der Waals surface area contributed by atoms with Crippen LogP contribution in [-0.4, -0.2) is 72.8 Å². The van der Waals surface area contributed by atoms with Crippen LogP contribution in [0.4, 0.5) is 29.3 Å². The fraction of sp³-hybridized carbons (Fsp3) is 0.375. The van der Waals surface area contributed by atoms with E-state index in [1.54, 1.807) is 37.1 Å². The van der Waals surface area contributed by atoms with Gasteiger partial charge in [-0.25, -0.2) is 4.79 Å². The van der Waals surface area contributed by atoms with Crippen LogP contribution in [0.25, 0.3) is 0 Å². The summed E-state index contributed by atoms with van der Waals surface area (Å²) in [5.41, 5.74) is 0.820. The van der Waals surface area contributed by atoms with Gasteiger partial charge in [0, 0.05) is 31.2 Å². The van der Waals surface area contributed by atoms with Gasteiger partial charge in [-0.2, -0.15) is 13.2 Å². The van der Waals surface area contributed by atoms with Crippen LogP contribution in [-0.2, 0) is 12.7 Å². The number of rotatable bonds is 9. The quantitative estimate of drug-likeness (QED) is 0.285. The number of benzene rings is 3. The Hall–Kier alpha value is -4.29. The molecule has 4 rings (SSSR count). The Bertz CT molecular complexity index is 1430. The lowest BCUT2D eigenvalue weighted by Crippen LogP contribution is -2.49. The molecular weight excluding hydrogens is 577 g/mol. The van der Waals surface area contributed by atoms with Crippen LogP contribution in [0, 0.1) is 5.92 Å². The minimum absolute atomic E-state index is 0.154. The Morgan fingerprint density at radius 1 is 1.11 bits per heavy atom. The average Bonchev–Trinajstić information content (AvgIpc) is 2.99. The molecule has 12 heteroatoms. The summed E-state index contributed by atoms with van der Waals surface area (Å²) in [4.78, 5) is 30.3. The lowest BCUT2D eigenvalue weighted by molar-refractivity contribution is -0.137. The van der Waals surface area contributed by atoms with Crippen molar-refractivity contribution < 1.29 is 37.3 Å². The van der Waals surface area contributed by atoms with E-state index in [1.165, 1.54) is 0 Å². The van der Waals surface area contributed by atoms with Crippen molar-refractivity contribution >= 4 is 23.3 Å². The number of para-hydroxylation sites is 1. The molecule has 1 aliphatic heterocycles. The minimum atomic E-state index is -4.50. The molecule has 0 saturated carbocycles. The van der Waals surface area contributed by atoms with Gasteiger partial charge in [0.15, 0.2) is 5.75 Å². The molecule has 3 amide bonds. The van der Waals surface area contributed by atoms with Gasteiger partial charge in [0.05, 0.1) is 36.6 Å². The highest BCUT2D eigenvalue weighted by Gasteiger charge is 2.35. The molecule has 0 unspecified atom stereocenters. The van der Waals surface area contributed by atoms with E-state index in [9.17, 15) is 27.9 Å². The number of methoxy groups -OCH3 is 1. The summed E-state index contributed by atoms with van der Waals surface area (Å²) in [6.45, 7) is 4.94. The fourth-order valence-electron chi connectivity index (χ4n) is 5.00. The number of nitrogens with zero attached hydrogens (tertiary/aromatic N) is 2. The predicted octanol–water partition coefficient (Wildman–Crippen LogP) is 5.71. The summed E-state index contributed by atoms with van der Waals surface area (Å²) < 4.78 is 50.6. The number of carbonyl (C=O) groups is 2. The van der Waals surface area contributed by atoms with Gasteiger partial charge in [-0.1, -0.05) is 25.1 Å². The number of urea groups is 1. The highest BCUT2D eigenvalue weighted by atomic mass is 19.4. The van der Waals surface area contributed by atoms with Crippen LogP contribution >= 0.6 is 0 Å². The first kappa shape index (κ1) is 32.6. The van der Waals surface area contributed by atoms with E-state index in [4.69, 9.17) is 9.47 Å². The van der Waals surface area contributed by atoms with E-state index in [0.29, 0.717) is 19.6 Å². The SMILES string of the molecule is COc1ccc(CN(C)C[C@@H]2Oc3c(NC(=O)Nc4ccc(C(F)(F)F)cc4)cccc3C(=O)N([C@H](C)CO)C[C@H]2C)cc1. The number of aliphatic hydroxyl groups excluding tert-OH is 1. The highest BCUT2D eigenvalue weighted by molar-refractivity contribution is 6.04. The Morgan fingerprint density at radius 3 is 2.41 bits per heavy atom. The Labute approximate surface area is 254 Å². The first-order valence-electron chi connectivity index (χ1n) is 14.2. The number of likely N-dealkylation sites (N-methyl/N-ethyl adjacent to an activating group) is 1. The third kappa shape index (κ3) is 8.00. The van der Waals surface area contributed by atoms with Gasteiger partial charge >= 0.3 is 12.2 Å². The largest absolute Gasteiger partial charge is 0.497 e. The van der Waals surface area contributed by atoms with E-state index in [0.717, 1.165) is 35.6 Å². The molecule has 0 fully saturated rings. The summed E-state index contributed by atoms with van der Waals surface area (Å²) in [7, 11) is 3.57. The highest BCUT2D eigenvalue weighted by Crippen LogP contribution is 2.35. The summed E-state index contributed by atoms with van der Waals surface area (Å²) in [6, 6.07) is 15.4. The zero-order chi connectivity index (χ0) is 32.0. The van der Waals surface area contributed by atoms with Gasteiger partial charge in [-0.05, 0) is 68.1 Å². The predicted molar refractivity (Wildman–Crippen MR) is 161 cm³/mol. The van der Waals surface area contributed by atoms with Crippen molar-refractivity contribution in [1.82, 2.24) is 9.80 Å². The molecule has 0 radical (unpaired) electrons. The Balaban J connectivity index is 1.59. The number of hydrogen-bond acceptors (Lipinski definition) is 6. The van der Waals surface area contributed by atoms with Crippen molar-refractivity contribution in [2.45, 2.75) is 38.7 Å². The third-order valence-electron chi connectivity index (χ3n) is 7.51. The van der Waals surface area contributed by atoms with E-state index in [-0.39, 0.29) is 41.1 Å². The fourth-order valence-corrected chi connectivity index (χ4v) is 5.00. The number of amides is 3. The second-order valence-corrected chi connectivity index (χ2v) is 11.0. The first-order chi connectivity index (χ1) is 20.9. The van der Waals surface area contributed by atoms with Crippen molar-refractivity contribution in [2.75, 3.05) is 44.5 Å². The number of fused-ring (bicyclic) bond motifs is 1. The topological polar surface area (TPSA) is 103 Å². The van der Waals surface area contributed by atoms with Crippen molar-refractivity contribution in [1.29, 1.82) is 0 Å². The summed E-state index contributed by atoms with van der Waals surface area (Å²) >= 11 is 0. The van der Waals surface area contributed by atoms with Crippen LogP contribution < -0.4 is 20.1 Å². The molecule has 1 heterocycles. The molecule has 3 aromatic rings. The second kappa shape index (κ2) is 14.0. The lowest BCUT2D eigenvalue weighted by atomic mass is 9.99. The van der Waals surface area contributed by atoms with Crippen molar-refractivity contribution in [2.24, 2.45) is 5.92 Å². The van der Waals surface area contributed by atoms with E-state index in [1.807, 2.05) is 38.2 Å². The van der Waals surface area contributed by atoms with Gasteiger partial charge in [0.1, 0.15) is 11.9 Å². The van der Waals surface area contributed by atoms with Crippen LogP contribution in [0.5, 0.6) is 11.5 Å². The van der Waals surface area contributed by atoms with Gasteiger partial charge < -0.3 is 30.1 Å². The molecule has 0 spiro atoms. The number of alkyl halides is 3. The number of ether oxygens (including phenoxy) is 2. The van der Waals surface area contributed by atoms with Gasteiger partial charge in [0.2, 0.25) is 0 Å². The van der Waals surface area contributed by atoms with Crippen molar-refractivity contribution in [3.63, 3.8) is 0 Å². The molecule has 3 atom stereocenters. The van der Waals surface area contributed by atoms with Crippen LogP contribution in [0.3, 0.4) is 0 Å². The number of aliphatic hydroxyl groups is 1. The Kier molecular flexibility index (Phi) is 10.4. The standard InChI is InChI=1S/C32H37F3N4O5/c1-20-16-39(21(2)19-40)30(41)26-6-5-7-27(37-31(42)36-24-12-10-23(11-13-24)32(33,34)35)29(26)44-28(20)18-38(3)17-22-8-14-25(43-4)15-9-22/h5-15,20-21,28,40H,16-19H2,1-4H3,(H2,36,37,42)/t20-,21-,28+/m1/s1. The average molecular weight is 615 g/mol. The Morgan fingerprint density at radius 2 is 1.80 bits per heavy atom. The lowest BCUT2D eigenvalue weighted by Gasteiger charge is -2.38. The van der Waals surface area contributed by atoms with Crippen LogP contribution in [0.15, 0.2) is 66.7 Å². The monoisotopic (exact) mass is 614 g/mol. The molecule has 3 aromatic carbocycles. The summed E-state index contributed by atoms with van der Waals surface area (Å²) in [5, 5.41) is 15.1. The third-order valence-corrected chi connectivity index (χ3v) is 7.51. The smallest absolute Gasteiger partial charge is 0.416 e. The first-order valence-corrected chi connectivity index (χ1v) is 14.2. The number of nitrogens with one attached hydrogen (secondary N) is 2. The molecule has 0 saturated heterocycles. The molecule has 0 aromatic heterocycles. The maximum Gasteiger partial charge on any atom is 0.416 e. The second-order valence-electron chi connectivity index (χ2n) is 11.0. The summed E-state index contributed by atoms with van der Waals surface area (Å²) in [5.74, 6) is 0.415. The van der Waals surface area contributed by atoms with Crippen molar-refractivity contribution in [3.8, 4) is 11.5 Å². The molecule has 3 N–H and O–H groups in total. The van der Waals surface area contributed by atoms with E-state index in [2.05, 4.69) is 15.5 Å². The molecule has 236 valence electrons. The molecule has 9 nitrogen and oxygen atoms in total. The molecule has 0 aliphatic carbocycles. The maximum absolute atomic E-state index is 13.7. The van der Waals surface area contributed by atoms with Gasteiger partial charge in [0.25, 0.3) is 5.91 Å². The number of halogens is 3. The maximum atomic E-state index is 13.7.